The van der Waals surface area contributed by atoms with Gasteiger partial charge >= 0.3 is 6.18 Å². The minimum Gasteiger partial charge on any atom is -0.314 e. The first-order valence-corrected chi connectivity index (χ1v) is 8.14. The second kappa shape index (κ2) is 11.0. The predicted octanol–water partition coefficient (Wildman–Crippen LogP) is 4.62. The maximum absolute atomic E-state index is 11.9. The molecule has 0 aliphatic heterocycles. The van der Waals surface area contributed by atoms with Crippen molar-refractivity contribution in [3.05, 3.63) is 0 Å². The Morgan fingerprint density at radius 2 is 1.72 bits per heavy atom. The van der Waals surface area contributed by atoms with E-state index in [-0.39, 0.29) is 12.5 Å². The van der Waals surface area contributed by atoms with Crippen LogP contribution in [-0.4, -0.2) is 30.8 Å². The molecule has 0 saturated heterocycles. The van der Waals surface area contributed by atoms with Gasteiger partial charge in [-0.1, -0.05) is 12.8 Å². The molecule has 1 N–H and O–H groups in total. The highest BCUT2D eigenvalue weighted by atomic mass is 32.2. The van der Waals surface area contributed by atoms with Crippen LogP contribution in [0.2, 0.25) is 0 Å². The SMILES string of the molecule is CSCCCCCCNC(C)CCCC(F)(F)F. The van der Waals surface area contributed by atoms with E-state index in [9.17, 15) is 13.2 Å². The molecule has 110 valence electrons. The molecule has 5 heteroatoms. The molecule has 0 spiro atoms. The van der Waals surface area contributed by atoms with Gasteiger partial charge in [0, 0.05) is 12.5 Å². The third-order valence-corrected chi connectivity index (χ3v) is 3.56. The van der Waals surface area contributed by atoms with Crippen molar-refractivity contribution in [3.63, 3.8) is 0 Å². The number of hydrogen-bond donors (Lipinski definition) is 1. The van der Waals surface area contributed by atoms with Crippen LogP contribution in [0.3, 0.4) is 0 Å². The molecular formula is C13H26F3NS. The second-order valence-corrected chi connectivity index (χ2v) is 5.76. The van der Waals surface area contributed by atoms with Crippen molar-refractivity contribution in [1.82, 2.24) is 5.32 Å². The Balaban J connectivity index is 3.24. The van der Waals surface area contributed by atoms with Crippen LogP contribution in [-0.2, 0) is 0 Å². The normalized spacial score (nSPS) is 13.8. The molecule has 0 aliphatic rings. The Hall–Kier alpha value is 0.100. The van der Waals surface area contributed by atoms with E-state index < -0.39 is 12.6 Å². The van der Waals surface area contributed by atoms with Gasteiger partial charge in [-0.25, -0.2) is 0 Å². The summed E-state index contributed by atoms with van der Waals surface area (Å²) in [6, 6.07) is 0.193. The van der Waals surface area contributed by atoms with Crippen molar-refractivity contribution in [1.29, 1.82) is 0 Å². The first-order valence-electron chi connectivity index (χ1n) is 6.75. The zero-order valence-corrected chi connectivity index (χ0v) is 12.3. The van der Waals surface area contributed by atoms with E-state index in [4.69, 9.17) is 0 Å². The van der Waals surface area contributed by atoms with Gasteiger partial charge in [0.05, 0.1) is 0 Å². The van der Waals surface area contributed by atoms with Crippen molar-refractivity contribution in [2.24, 2.45) is 0 Å². The Morgan fingerprint density at radius 1 is 1.06 bits per heavy atom. The fourth-order valence-corrected chi connectivity index (χ4v) is 2.28. The molecule has 0 aromatic carbocycles. The molecule has 0 rings (SSSR count). The molecule has 0 amide bonds. The molecule has 0 radical (unpaired) electrons. The molecule has 18 heavy (non-hydrogen) atoms. The molecule has 0 aromatic heterocycles. The lowest BCUT2D eigenvalue weighted by molar-refractivity contribution is -0.135. The largest absolute Gasteiger partial charge is 0.389 e. The van der Waals surface area contributed by atoms with E-state index in [1.807, 2.05) is 18.7 Å². The van der Waals surface area contributed by atoms with E-state index >= 15 is 0 Å². The highest BCUT2D eigenvalue weighted by molar-refractivity contribution is 7.98. The lowest BCUT2D eigenvalue weighted by Gasteiger charge is -2.14. The van der Waals surface area contributed by atoms with E-state index in [1.165, 1.54) is 25.0 Å². The number of thioether (sulfide) groups is 1. The molecule has 1 nitrogen and oxygen atoms in total. The molecule has 0 heterocycles. The summed E-state index contributed by atoms with van der Waals surface area (Å²) in [5.41, 5.74) is 0. The topological polar surface area (TPSA) is 12.0 Å². The Kier molecular flexibility index (Phi) is 11.0. The Labute approximate surface area is 113 Å². The Bertz CT molecular complexity index is 186. The molecule has 0 fully saturated rings. The highest BCUT2D eigenvalue weighted by Gasteiger charge is 2.26. The number of hydrogen-bond acceptors (Lipinski definition) is 2. The zero-order valence-electron chi connectivity index (χ0n) is 11.5. The minimum absolute atomic E-state index is 0.193. The van der Waals surface area contributed by atoms with E-state index in [0.717, 1.165) is 13.0 Å². The van der Waals surface area contributed by atoms with Gasteiger partial charge in [-0.15, -0.1) is 0 Å². The smallest absolute Gasteiger partial charge is 0.314 e. The molecule has 0 saturated carbocycles. The summed E-state index contributed by atoms with van der Waals surface area (Å²) in [6.07, 6.45) is 3.14. The highest BCUT2D eigenvalue weighted by Crippen LogP contribution is 2.22. The van der Waals surface area contributed by atoms with Crippen LogP contribution in [0.5, 0.6) is 0 Å². The average molecular weight is 285 g/mol. The predicted molar refractivity (Wildman–Crippen MR) is 74.2 cm³/mol. The minimum atomic E-state index is -4.00. The van der Waals surface area contributed by atoms with E-state index in [1.54, 1.807) is 0 Å². The fourth-order valence-electron chi connectivity index (χ4n) is 1.78. The van der Waals surface area contributed by atoms with E-state index in [2.05, 4.69) is 11.6 Å². The molecule has 0 bridgehead atoms. The monoisotopic (exact) mass is 285 g/mol. The summed E-state index contributed by atoms with van der Waals surface area (Å²) in [6.45, 7) is 2.89. The summed E-state index contributed by atoms with van der Waals surface area (Å²) in [5, 5.41) is 3.29. The van der Waals surface area contributed by atoms with Crippen LogP contribution >= 0.6 is 11.8 Å². The van der Waals surface area contributed by atoms with Crippen LogP contribution in [0.25, 0.3) is 0 Å². The number of nitrogens with one attached hydrogen (secondary N) is 1. The van der Waals surface area contributed by atoms with Gasteiger partial charge in [-0.05, 0) is 51.2 Å². The van der Waals surface area contributed by atoms with Gasteiger partial charge < -0.3 is 5.32 Å². The number of rotatable bonds is 11. The van der Waals surface area contributed by atoms with Crippen molar-refractivity contribution in [2.45, 2.75) is 64.1 Å². The van der Waals surface area contributed by atoms with E-state index in [0.29, 0.717) is 6.42 Å². The molecule has 1 atom stereocenters. The first-order chi connectivity index (χ1) is 8.45. The number of halogens is 3. The fraction of sp³-hybridized carbons (Fsp3) is 1.00. The zero-order chi connectivity index (χ0) is 13.9. The first kappa shape index (κ1) is 18.1. The van der Waals surface area contributed by atoms with Crippen LogP contribution in [0.4, 0.5) is 13.2 Å². The summed E-state index contributed by atoms with van der Waals surface area (Å²) >= 11 is 1.87. The van der Waals surface area contributed by atoms with Gasteiger partial charge in [-0.2, -0.15) is 24.9 Å². The van der Waals surface area contributed by atoms with Gasteiger partial charge in [0.1, 0.15) is 0 Å². The van der Waals surface area contributed by atoms with Crippen molar-refractivity contribution >= 4 is 11.8 Å². The maximum Gasteiger partial charge on any atom is 0.389 e. The average Bonchev–Trinajstić information content (AvgIpc) is 2.26. The van der Waals surface area contributed by atoms with Gasteiger partial charge in [-0.3, -0.25) is 0 Å². The summed E-state index contributed by atoms with van der Waals surface area (Å²) in [4.78, 5) is 0. The van der Waals surface area contributed by atoms with Crippen LogP contribution in [0.1, 0.15) is 51.9 Å². The van der Waals surface area contributed by atoms with Crippen molar-refractivity contribution < 1.29 is 13.2 Å². The van der Waals surface area contributed by atoms with Gasteiger partial charge in [0.2, 0.25) is 0 Å². The second-order valence-electron chi connectivity index (χ2n) is 4.77. The molecule has 1 unspecified atom stereocenters. The van der Waals surface area contributed by atoms with Gasteiger partial charge in [0.25, 0.3) is 0 Å². The molecule has 0 aromatic rings. The van der Waals surface area contributed by atoms with Crippen LogP contribution in [0, 0.1) is 0 Å². The van der Waals surface area contributed by atoms with Crippen LogP contribution in [0.15, 0.2) is 0 Å². The lowest BCUT2D eigenvalue weighted by atomic mass is 10.1. The summed E-state index contributed by atoms with van der Waals surface area (Å²) in [7, 11) is 0. The molecular weight excluding hydrogens is 259 g/mol. The summed E-state index contributed by atoms with van der Waals surface area (Å²) < 4.78 is 35.8. The third-order valence-electron chi connectivity index (χ3n) is 2.87. The third kappa shape index (κ3) is 14.2. The van der Waals surface area contributed by atoms with Crippen molar-refractivity contribution in [3.8, 4) is 0 Å². The van der Waals surface area contributed by atoms with Gasteiger partial charge in [0.15, 0.2) is 0 Å². The Morgan fingerprint density at radius 3 is 2.33 bits per heavy atom. The molecule has 0 aliphatic carbocycles. The van der Waals surface area contributed by atoms with Crippen molar-refractivity contribution in [2.75, 3.05) is 18.6 Å². The quantitative estimate of drug-likeness (QED) is 0.556. The lowest BCUT2D eigenvalue weighted by Crippen LogP contribution is -2.27. The number of alkyl halides is 3. The summed E-state index contributed by atoms with van der Waals surface area (Å²) in [5.74, 6) is 1.22. The number of unbranched alkanes of at least 4 members (excludes halogenated alkanes) is 3. The van der Waals surface area contributed by atoms with Crippen LogP contribution < -0.4 is 5.32 Å². The standard InChI is InChI=1S/C13H26F3NS/c1-12(8-7-9-13(14,15)16)17-10-5-3-4-6-11-18-2/h12,17H,3-11H2,1-2H3. The maximum atomic E-state index is 11.9.